The number of ether oxygens (including phenoxy) is 1. The zero-order chi connectivity index (χ0) is 9.52. The second-order valence-corrected chi connectivity index (χ2v) is 4.30. The molecule has 0 saturated carbocycles. The van der Waals surface area contributed by atoms with E-state index in [1.54, 1.807) is 0 Å². The van der Waals surface area contributed by atoms with Crippen LogP contribution in [0.3, 0.4) is 0 Å². The van der Waals surface area contributed by atoms with Crippen LogP contribution in [-0.4, -0.2) is 11.4 Å². The lowest BCUT2D eigenvalue weighted by atomic mass is 10.3. The highest BCUT2D eigenvalue weighted by Gasteiger charge is 2.02. The Bertz CT molecular complexity index is 223. The first-order valence-electron chi connectivity index (χ1n) is 4.65. The Labute approximate surface area is 88.2 Å². The van der Waals surface area contributed by atoms with Crippen LogP contribution in [0.25, 0.3) is 0 Å². The van der Waals surface area contributed by atoms with Crippen LogP contribution in [0.1, 0.15) is 19.8 Å². The molecule has 1 aromatic carbocycles. The predicted octanol–water partition coefficient (Wildman–Crippen LogP) is 3.63. The normalized spacial score (nSPS) is 12.5. The Balaban J connectivity index is 2.27. The third-order valence-electron chi connectivity index (χ3n) is 1.78. The van der Waals surface area contributed by atoms with Crippen LogP contribution < -0.4 is 4.74 Å². The highest BCUT2D eigenvalue weighted by molar-refractivity contribution is 9.09. The summed E-state index contributed by atoms with van der Waals surface area (Å²) in [5.41, 5.74) is 0. The van der Waals surface area contributed by atoms with E-state index in [1.807, 2.05) is 30.3 Å². The zero-order valence-electron chi connectivity index (χ0n) is 7.87. The minimum absolute atomic E-state index is 0.470. The number of rotatable bonds is 5. The highest BCUT2D eigenvalue weighted by Crippen LogP contribution is 2.13. The van der Waals surface area contributed by atoms with Crippen molar-refractivity contribution < 1.29 is 4.74 Å². The molecule has 0 fully saturated rings. The van der Waals surface area contributed by atoms with E-state index in [-0.39, 0.29) is 0 Å². The molecule has 1 rings (SSSR count). The van der Waals surface area contributed by atoms with Crippen LogP contribution in [-0.2, 0) is 0 Å². The van der Waals surface area contributed by atoms with Crippen LogP contribution in [0, 0.1) is 0 Å². The third-order valence-corrected chi connectivity index (χ3v) is 2.50. The molecular formula is C11H15BrO. The second kappa shape index (κ2) is 6.03. The Morgan fingerprint density at radius 2 is 2.00 bits per heavy atom. The fourth-order valence-electron chi connectivity index (χ4n) is 1.10. The van der Waals surface area contributed by atoms with E-state index >= 15 is 0 Å². The molecule has 0 aliphatic rings. The molecule has 1 atom stereocenters. The third kappa shape index (κ3) is 4.32. The largest absolute Gasteiger partial charge is 0.492 e. The molecule has 0 amide bonds. The number of para-hydroxylation sites is 1. The maximum Gasteiger partial charge on any atom is 0.119 e. The van der Waals surface area contributed by atoms with Crippen LogP contribution in [0.2, 0.25) is 0 Å². The summed E-state index contributed by atoms with van der Waals surface area (Å²) in [6.07, 6.45) is 2.35. The molecule has 0 aliphatic carbocycles. The van der Waals surface area contributed by atoms with Crippen molar-refractivity contribution >= 4 is 15.9 Å². The molecular weight excluding hydrogens is 228 g/mol. The summed E-state index contributed by atoms with van der Waals surface area (Å²) in [5, 5.41) is 0. The molecule has 1 nitrogen and oxygen atoms in total. The van der Waals surface area contributed by atoms with Crippen molar-refractivity contribution in [2.45, 2.75) is 24.6 Å². The van der Waals surface area contributed by atoms with Crippen molar-refractivity contribution in [1.82, 2.24) is 0 Å². The topological polar surface area (TPSA) is 9.23 Å². The summed E-state index contributed by atoms with van der Waals surface area (Å²) in [6.45, 7) is 2.93. The highest BCUT2D eigenvalue weighted by atomic mass is 79.9. The van der Waals surface area contributed by atoms with Gasteiger partial charge in [0.2, 0.25) is 0 Å². The molecule has 1 aromatic rings. The van der Waals surface area contributed by atoms with Crippen LogP contribution in [0.5, 0.6) is 5.75 Å². The number of alkyl halides is 1. The second-order valence-electron chi connectivity index (χ2n) is 3.01. The Morgan fingerprint density at radius 1 is 1.31 bits per heavy atom. The SMILES string of the molecule is CCCC(Br)COc1ccccc1. The van der Waals surface area contributed by atoms with Crippen molar-refractivity contribution in [2.75, 3.05) is 6.61 Å². The lowest BCUT2D eigenvalue weighted by molar-refractivity contribution is 0.314. The van der Waals surface area contributed by atoms with Crippen molar-refractivity contribution in [3.8, 4) is 5.75 Å². The molecule has 2 heteroatoms. The van der Waals surface area contributed by atoms with Crippen LogP contribution in [0.15, 0.2) is 30.3 Å². The van der Waals surface area contributed by atoms with Gasteiger partial charge in [0.15, 0.2) is 0 Å². The number of halogens is 1. The van der Waals surface area contributed by atoms with E-state index < -0.39 is 0 Å². The predicted molar refractivity (Wildman–Crippen MR) is 59.6 cm³/mol. The van der Waals surface area contributed by atoms with E-state index in [0.717, 1.165) is 18.8 Å². The van der Waals surface area contributed by atoms with Gasteiger partial charge in [0.05, 0.1) is 0 Å². The molecule has 0 aliphatic heterocycles. The lowest BCUT2D eigenvalue weighted by Gasteiger charge is -2.10. The first-order chi connectivity index (χ1) is 6.33. The van der Waals surface area contributed by atoms with E-state index in [0.29, 0.717) is 4.83 Å². The van der Waals surface area contributed by atoms with Crippen molar-refractivity contribution in [3.63, 3.8) is 0 Å². The number of benzene rings is 1. The zero-order valence-corrected chi connectivity index (χ0v) is 9.46. The summed E-state index contributed by atoms with van der Waals surface area (Å²) < 4.78 is 5.57. The molecule has 13 heavy (non-hydrogen) atoms. The summed E-state index contributed by atoms with van der Waals surface area (Å²) in [4.78, 5) is 0.470. The first-order valence-corrected chi connectivity index (χ1v) is 5.56. The number of hydrogen-bond donors (Lipinski definition) is 0. The van der Waals surface area contributed by atoms with Gasteiger partial charge in [-0.25, -0.2) is 0 Å². The maximum atomic E-state index is 5.57. The van der Waals surface area contributed by atoms with Crippen molar-refractivity contribution in [1.29, 1.82) is 0 Å². The van der Waals surface area contributed by atoms with Crippen LogP contribution >= 0.6 is 15.9 Å². The van der Waals surface area contributed by atoms with Gasteiger partial charge < -0.3 is 4.74 Å². The maximum absolute atomic E-state index is 5.57. The lowest BCUT2D eigenvalue weighted by Crippen LogP contribution is -2.10. The Hall–Kier alpha value is -0.500. The van der Waals surface area contributed by atoms with Crippen LogP contribution in [0.4, 0.5) is 0 Å². The molecule has 0 spiro atoms. The molecule has 0 radical (unpaired) electrons. The van der Waals surface area contributed by atoms with Crippen molar-refractivity contribution in [2.24, 2.45) is 0 Å². The smallest absolute Gasteiger partial charge is 0.119 e. The van der Waals surface area contributed by atoms with Gasteiger partial charge in [-0.05, 0) is 18.6 Å². The average molecular weight is 243 g/mol. The van der Waals surface area contributed by atoms with Gasteiger partial charge in [0, 0.05) is 4.83 Å². The van der Waals surface area contributed by atoms with E-state index in [1.165, 1.54) is 6.42 Å². The molecule has 0 saturated heterocycles. The quantitative estimate of drug-likeness (QED) is 0.717. The fourth-order valence-corrected chi connectivity index (χ4v) is 1.69. The van der Waals surface area contributed by atoms with Gasteiger partial charge in [-0.2, -0.15) is 0 Å². The van der Waals surface area contributed by atoms with Gasteiger partial charge in [-0.1, -0.05) is 47.5 Å². The summed E-state index contributed by atoms with van der Waals surface area (Å²) >= 11 is 3.57. The molecule has 0 heterocycles. The Kier molecular flexibility index (Phi) is 4.91. The monoisotopic (exact) mass is 242 g/mol. The van der Waals surface area contributed by atoms with Gasteiger partial charge in [-0.3, -0.25) is 0 Å². The van der Waals surface area contributed by atoms with Crippen molar-refractivity contribution in [3.05, 3.63) is 30.3 Å². The first kappa shape index (κ1) is 10.6. The molecule has 0 aromatic heterocycles. The van der Waals surface area contributed by atoms with Gasteiger partial charge in [-0.15, -0.1) is 0 Å². The Morgan fingerprint density at radius 3 is 2.62 bits per heavy atom. The van der Waals surface area contributed by atoms with Gasteiger partial charge in [0.1, 0.15) is 12.4 Å². The minimum Gasteiger partial charge on any atom is -0.492 e. The average Bonchev–Trinajstić information content (AvgIpc) is 2.17. The molecule has 0 N–H and O–H groups in total. The minimum atomic E-state index is 0.470. The molecule has 0 bridgehead atoms. The standard InChI is InChI=1S/C11H15BrO/c1-2-6-10(12)9-13-11-7-4-3-5-8-11/h3-5,7-8,10H,2,6,9H2,1H3. The van der Waals surface area contributed by atoms with E-state index in [4.69, 9.17) is 4.74 Å². The summed E-state index contributed by atoms with van der Waals surface area (Å²) in [6, 6.07) is 9.92. The van der Waals surface area contributed by atoms with E-state index in [2.05, 4.69) is 22.9 Å². The van der Waals surface area contributed by atoms with Gasteiger partial charge in [0.25, 0.3) is 0 Å². The molecule has 72 valence electrons. The summed E-state index contributed by atoms with van der Waals surface area (Å²) in [5.74, 6) is 0.947. The van der Waals surface area contributed by atoms with E-state index in [9.17, 15) is 0 Å². The van der Waals surface area contributed by atoms with Gasteiger partial charge >= 0.3 is 0 Å². The number of hydrogen-bond acceptors (Lipinski definition) is 1. The fraction of sp³-hybridized carbons (Fsp3) is 0.455. The molecule has 1 unspecified atom stereocenters. The summed E-state index contributed by atoms with van der Waals surface area (Å²) in [7, 11) is 0.